The smallest absolute Gasteiger partial charge is 0.0314 e. The summed E-state index contributed by atoms with van der Waals surface area (Å²) in [4.78, 5) is 1.45. The number of nitrogen functional groups attached to an aromatic ring is 1. The Bertz CT molecular complexity index is 375. The minimum Gasteiger partial charge on any atom is -0.399 e. The molecule has 0 radical (unpaired) electrons. The minimum atomic E-state index is 0.838. The van der Waals surface area contributed by atoms with Gasteiger partial charge in [-0.3, -0.25) is 0 Å². The maximum absolute atomic E-state index is 5.62. The fourth-order valence-corrected chi connectivity index (χ4v) is 2.12. The molecule has 1 aromatic carbocycles. The summed E-state index contributed by atoms with van der Waals surface area (Å²) in [5.74, 6) is 0. The number of aryl methyl sites for hydroxylation is 2. The van der Waals surface area contributed by atoms with Crippen LogP contribution in [0.15, 0.2) is 41.8 Å². The molecule has 0 saturated carbocycles. The Morgan fingerprint density at radius 3 is 2.43 bits per heavy atom. The first-order valence-electron chi connectivity index (χ1n) is 4.71. The van der Waals surface area contributed by atoms with E-state index in [1.165, 1.54) is 10.4 Å². The molecule has 1 heterocycles. The van der Waals surface area contributed by atoms with E-state index in [4.69, 9.17) is 5.73 Å². The molecule has 2 heteroatoms. The van der Waals surface area contributed by atoms with Gasteiger partial charge in [-0.05, 0) is 42.0 Å². The van der Waals surface area contributed by atoms with Crippen molar-refractivity contribution in [3.8, 4) is 0 Å². The molecule has 2 rings (SSSR count). The van der Waals surface area contributed by atoms with E-state index in [9.17, 15) is 0 Å². The van der Waals surface area contributed by atoms with Gasteiger partial charge in [0.05, 0.1) is 0 Å². The van der Waals surface area contributed by atoms with Crippen LogP contribution < -0.4 is 5.73 Å². The minimum absolute atomic E-state index is 0.838. The molecule has 0 saturated heterocycles. The standard InChI is InChI=1S/C12H13NS/c13-11-6-3-10(4-7-11)5-8-12-2-1-9-14-12/h1-4,6-7,9H,5,8,13H2. The molecule has 0 unspecified atom stereocenters. The Balaban J connectivity index is 1.95. The van der Waals surface area contributed by atoms with Crippen molar-refractivity contribution in [2.45, 2.75) is 12.8 Å². The van der Waals surface area contributed by atoms with E-state index in [0.717, 1.165) is 18.5 Å². The highest BCUT2D eigenvalue weighted by atomic mass is 32.1. The molecule has 0 fully saturated rings. The third-order valence-electron chi connectivity index (χ3n) is 2.22. The highest BCUT2D eigenvalue weighted by molar-refractivity contribution is 7.09. The van der Waals surface area contributed by atoms with Crippen LogP contribution in [0.1, 0.15) is 10.4 Å². The van der Waals surface area contributed by atoms with Crippen LogP contribution in [0, 0.1) is 0 Å². The monoisotopic (exact) mass is 203 g/mol. The molecule has 0 amide bonds. The van der Waals surface area contributed by atoms with Gasteiger partial charge >= 0.3 is 0 Å². The summed E-state index contributed by atoms with van der Waals surface area (Å²) in [6.07, 6.45) is 2.22. The molecular weight excluding hydrogens is 190 g/mol. The van der Waals surface area contributed by atoms with Crippen molar-refractivity contribution in [2.75, 3.05) is 5.73 Å². The second-order valence-corrected chi connectivity index (χ2v) is 4.35. The van der Waals surface area contributed by atoms with Crippen LogP contribution in [0.2, 0.25) is 0 Å². The van der Waals surface area contributed by atoms with Crippen molar-refractivity contribution in [2.24, 2.45) is 0 Å². The van der Waals surface area contributed by atoms with Crippen molar-refractivity contribution in [1.82, 2.24) is 0 Å². The molecule has 0 aliphatic carbocycles. The van der Waals surface area contributed by atoms with E-state index < -0.39 is 0 Å². The number of benzene rings is 1. The van der Waals surface area contributed by atoms with Crippen molar-refractivity contribution in [3.63, 3.8) is 0 Å². The molecule has 14 heavy (non-hydrogen) atoms. The molecule has 2 N–H and O–H groups in total. The molecule has 0 spiro atoms. The Morgan fingerprint density at radius 2 is 1.79 bits per heavy atom. The van der Waals surface area contributed by atoms with Gasteiger partial charge in [-0.15, -0.1) is 11.3 Å². The van der Waals surface area contributed by atoms with Gasteiger partial charge in [-0.1, -0.05) is 18.2 Å². The van der Waals surface area contributed by atoms with Gasteiger partial charge in [0.15, 0.2) is 0 Å². The van der Waals surface area contributed by atoms with Crippen LogP contribution in [-0.4, -0.2) is 0 Å². The first-order valence-corrected chi connectivity index (χ1v) is 5.59. The van der Waals surface area contributed by atoms with Gasteiger partial charge in [-0.2, -0.15) is 0 Å². The third kappa shape index (κ3) is 2.36. The largest absolute Gasteiger partial charge is 0.399 e. The van der Waals surface area contributed by atoms with Crippen LogP contribution >= 0.6 is 11.3 Å². The number of hydrogen-bond acceptors (Lipinski definition) is 2. The van der Waals surface area contributed by atoms with Gasteiger partial charge in [0.25, 0.3) is 0 Å². The molecule has 2 aromatic rings. The topological polar surface area (TPSA) is 26.0 Å². The van der Waals surface area contributed by atoms with Crippen LogP contribution in [0.3, 0.4) is 0 Å². The average Bonchev–Trinajstić information content (AvgIpc) is 2.70. The predicted molar refractivity (Wildman–Crippen MR) is 62.6 cm³/mol. The van der Waals surface area contributed by atoms with Gasteiger partial charge < -0.3 is 5.73 Å². The summed E-state index contributed by atoms with van der Waals surface area (Å²) in [7, 11) is 0. The summed E-state index contributed by atoms with van der Waals surface area (Å²) in [5.41, 5.74) is 7.81. The van der Waals surface area contributed by atoms with E-state index >= 15 is 0 Å². The summed E-state index contributed by atoms with van der Waals surface area (Å²) in [6, 6.07) is 12.4. The molecule has 0 atom stereocenters. The van der Waals surface area contributed by atoms with Crippen LogP contribution in [0.4, 0.5) is 5.69 Å². The SMILES string of the molecule is Nc1ccc(CCc2cccs2)cc1. The van der Waals surface area contributed by atoms with E-state index in [1.807, 2.05) is 23.5 Å². The first-order chi connectivity index (χ1) is 6.84. The van der Waals surface area contributed by atoms with Crippen LogP contribution in [0.5, 0.6) is 0 Å². The molecule has 1 aromatic heterocycles. The molecule has 72 valence electrons. The lowest BCUT2D eigenvalue weighted by Gasteiger charge is -2.00. The third-order valence-corrected chi connectivity index (χ3v) is 3.16. The Kier molecular flexibility index (Phi) is 2.84. The lowest BCUT2D eigenvalue weighted by Crippen LogP contribution is -1.90. The maximum atomic E-state index is 5.62. The molecule has 1 nitrogen and oxygen atoms in total. The fourth-order valence-electron chi connectivity index (χ4n) is 1.41. The van der Waals surface area contributed by atoms with Crippen molar-refractivity contribution in [3.05, 3.63) is 52.2 Å². The highest BCUT2D eigenvalue weighted by Gasteiger charge is 1.96. The van der Waals surface area contributed by atoms with E-state index in [2.05, 4.69) is 29.6 Å². The van der Waals surface area contributed by atoms with E-state index in [0.29, 0.717) is 0 Å². The average molecular weight is 203 g/mol. The van der Waals surface area contributed by atoms with Gasteiger partial charge in [0.1, 0.15) is 0 Å². The first kappa shape index (κ1) is 9.28. The Hall–Kier alpha value is -1.28. The zero-order chi connectivity index (χ0) is 9.80. The lowest BCUT2D eigenvalue weighted by molar-refractivity contribution is 0.981. The zero-order valence-corrected chi connectivity index (χ0v) is 8.76. The Labute approximate surface area is 88.2 Å². The molecule has 0 aliphatic rings. The number of rotatable bonds is 3. The zero-order valence-electron chi connectivity index (χ0n) is 7.94. The highest BCUT2D eigenvalue weighted by Crippen LogP contribution is 2.13. The number of anilines is 1. The summed E-state index contributed by atoms with van der Waals surface area (Å²) >= 11 is 1.82. The summed E-state index contributed by atoms with van der Waals surface area (Å²) < 4.78 is 0. The number of hydrogen-bond donors (Lipinski definition) is 1. The second-order valence-electron chi connectivity index (χ2n) is 3.32. The molecule has 0 aliphatic heterocycles. The van der Waals surface area contributed by atoms with Gasteiger partial charge in [0, 0.05) is 10.6 Å². The summed E-state index contributed by atoms with van der Waals surface area (Å²) in [6.45, 7) is 0. The van der Waals surface area contributed by atoms with E-state index in [-0.39, 0.29) is 0 Å². The Morgan fingerprint density at radius 1 is 1.00 bits per heavy atom. The summed E-state index contributed by atoms with van der Waals surface area (Å²) in [5, 5.41) is 2.12. The maximum Gasteiger partial charge on any atom is 0.0314 e. The fraction of sp³-hybridized carbons (Fsp3) is 0.167. The van der Waals surface area contributed by atoms with Crippen molar-refractivity contribution >= 4 is 17.0 Å². The number of thiophene rings is 1. The second kappa shape index (κ2) is 4.29. The normalized spacial score (nSPS) is 10.3. The number of nitrogens with two attached hydrogens (primary N) is 1. The van der Waals surface area contributed by atoms with Crippen molar-refractivity contribution in [1.29, 1.82) is 0 Å². The van der Waals surface area contributed by atoms with Gasteiger partial charge in [-0.25, -0.2) is 0 Å². The van der Waals surface area contributed by atoms with E-state index in [1.54, 1.807) is 0 Å². The van der Waals surface area contributed by atoms with Crippen LogP contribution in [0.25, 0.3) is 0 Å². The van der Waals surface area contributed by atoms with Crippen LogP contribution in [-0.2, 0) is 12.8 Å². The quantitative estimate of drug-likeness (QED) is 0.762. The molecule has 0 bridgehead atoms. The van der Waals surface area contributed by atoms with Gasteiger partial charge in [0.2, 0.25) is 0 Å². The molecular formula is C12H13NS. The van der Waals surface area contributed by atoms with Crippen molar-refractivity contribution < 1.29 is 0 Å². The predicted octanol–water partition coefficient (Wildman–Crippen LogP) is 3.12. The lowest BCUT2D eigenvalue weighted by atomic mass is 10.1.